The van der Waals surface area contributed by atoms with Gasteiger partial charge in [0.25, 0.3) is 0 Å². The fourth-order valence-corrected chi connectivity index (χ4v) is 2.72. The Balaban J connectivity index is 1.99. The van der Waals surface area contributed by atoms with Gasteiger partial charge in [0.05, 0.1) is 6.61 Å². The Morgan fingerprint density at radius 3 is 3.21 bits per heavy atom. The molecule has 1 atom stereocenters. The minimum atomic E-state index is 0.662. The molecule has 106 valence electrons. The first-order valence-corrected chi connectivity index (χ1v) is 7.63. The summed E-state index contributed by atoms with van der Waals surface area (Å²) in [6, 6.07) is 1.82. The fourth-order valence-electron chi connectivity index (χ4n) is 2.41. The molecule has 0 aliphatic carbocycles. The van der Waals surface area contributed by atoms with Gasteiger partial charge in [-0.2, -0.15) is 4.98 Å². The molecule has 0 radical (unpaired) electrons. The minimum Gasteiger partial charge on any atom is -0.478 e. The predicted molar refractivity (Wildman–Crippen MR) is 78.1 cm³/mol. The number of hydrogen-bond donors (Lipinski definition) is 0. The van der Waals surface area contributed by atoms with Crippen LogP contribution in [0.3, 0.4) is 0 Å². The van der Waals surface area contributed by atoms with Crippen molar-refractivity contribution >= 4 is 17.5 Å². The molecule has 0 bridgehead atoms. The molecular weight excluding hydrogens is 262 g/mol. The lowest BCUT2D eigenvalue weighted by atomic mass is 9.96. The SMILES string of the molecule is CCCOc1ccnc(N2CCCC(CCCl)C2)n1. The molecule has 1 unspecified atom stereocenters. The van der Waals surface area contributed by atoms with Crippen molar-refractivity contribution in [2.45, 2.75) is 32.6 Å². The summed E-state index contributed by atoms with van der Waals surface area (Å²) in [5.74, 6) is 2.85. The molecule has 5 heteroatoms. The third-order valence-electron chi connectivity index (χ3n) is 3.39. The molecule has 0 saturated carbocycles. The monoisotopic (exact) mass is 283 g/mol. The Bertz CT molecular complexity index is 387. The first kappa shape index (κ1) is 14.4. The van der Waals surface area contributed by atoms with Crippen LogP contribution in [0.25, 0.3) is 0 Å². The van der Waals surface area contributed by atoms with E-state index >= 15 is 0 Å². The number of ether oxygens (including phenoxy) is 1. The van der Waals surface area contributed by atoms with Crippen molar-refractivity contribution in [1.82, 2.24) is 9.97 Å². The minimum absolute atomic E-state index is 0.662. The lowest BCUT2D eigenvalue weighted by Gasteiger charge is -2.32. The van der Waals surface area contributed by atoms with Gasteiger partial charge in [-0.3, -0.25) is 0 Å². The van der Waals surface area contributed by atoms with Crippen LogP contribution >= 0.6 is 11.6 Å². The number of rotatable bonds is 6. The number of nitrogens with zero attached hydrogens (tertiary/aromatic N) is 3. The molecule has 2 heterocycles. The van der Waals surface area contributed by atoms with Crippen LogP contribution in [-0.4, -0.2) is 35.5 Å². The molecule has 1 aromatic heterocycles. The van der Waals surface area contributed by atoms with Crippen molar-refractivity contribution in [2.24, 2.45) is 5.92 Å². The zero-order valence-corrected chi connectivity index (χ0v) is 12.3. The van der Waals surface area contributed by atoms with Gasteiger partial charge in [0, 0.05) is 31.2 Å². The van der Waals surface area contributed by atoms with E-state index in [0.29, 0.717) is 18.4 Å². The van der Waals surface area contributed by atoms with Gasteiger partial charge in [0.1, 0.15) is 0 Å². The Morgan fingerprint density at radius 2 is 2.42 bits per heavy atom. The second-order valence-electron chi connectivity index (χ2n) is 4.98. The maximum absolute atomic E-state index is 5.84. The number of piperidine rings is 1. The summed E-state index contributed by atoms with van der Waals surface area (Å²) in [5, 5.41) is 0. The number of aromatic nitrogens is 2. The average Bonchev–Trinajstić information content (AvgIpc) is 2.46. The second kappa shape index (κ2) is 7.53. The summed E-state index contributed by atoms with van der Waals surface area (Å²) in [6.45, 7) is 4.81. The Morgan fingerprint density at radius 1 is 1.53 bits per heavy atom. The third-order valence-corrected chi connectivity index (χ3v) is 3.61. The van der Waals surface area contributed by atoms with Crippen LogP contribution in [0.2, 0.25) is 0 Å². The second-order valence-corrected chi connectivity index (χ2v) is 5.35. The highest BCUT2D eigenvalue weighted by atomic mass is 35.5. The highest BCUT2D eigenvalue weighted by Gasteiger charge is 2.21. The summed E-state index contributed by atoms with van der Waals surface area (Å²) >= 11 is 5.84. The van der Waals surface area contributed by atoms with E-state index in [0.717, 1.165) is 37.8 Å². The van der Waals surface area contributed by atoms with Crippen molar-refractivity contribution in [3.05, 3.63) is 12.3 Å². The van der Waals surface area contributed by atoms with Gasteiger partial charge < -0.3 is 9.64 Å². The molecule has 0 N–H and O–H groups in total. The molecule has 0 aromatic carbocycles. The quantitative estimate of drug-likeness (QED) is 0.752. The van der Waals surface area contributed by atoms with Gasteiger partial charge in [-0.05, 0) is 31.6 Å². The molecule has 1 aliphatic heterocycles. The Kier molecular flexibility index (Phi) is 5.70. The summed E-state index contributed by atoms with van der Waals surface area (Å²) in [5.41, 5.74) is 0. The Labute approximate surface area is 120 Å². The lowest BCUT2D eigenvalue weighted by molar-refractivity contribution is 0.304. The highest BCUT2D eigenvalue weighted by molar-refractivity contribution is 6.17. The van der Waals surface area contributed by atoms with E-state index in [1.165, 1.54) is 12.8 Å². The number of alkyl halides is 1. The molecule has 0 amide bonds. The smallest absolute Gasteiger partial charge is 0.228 e. The van der Waals surface area contributed by atoms with E-state index in [1.807, 2.05) is 6.07 Å². The summed E-state index contributed by atoms with van der Waals surface area (Å²) in [4.78, 5) is 11.1. The van der Waals surface area contributed by atoms with Crippen LogP contribution < -0.4 is 9.64 Å². The molecule has 1 aromatic rings. The molecule has 1 saturated heterocycles. The molecule has 1 aliphatic rings. The third kappa shape index (κ3) is 4.23. The first-order chi connectivity index (χ1) is 9.33. The van der Waals surface area contributed by atoms with Gasteiger partial charge >= 0.3 is 0 Å². The predicted octanol–water partition coefficient (Wildman–Crippen LogP) is 3.11. The largest absolute Gasteiger partial charge is 0.478 e. The van der Waals surface area contributed by atoms with E-state index in [-0.39, 0.29) is 0 Å². The topological polar surface area (TPSA) is 38.2 Å². The van der Waals surface area contributed by atoms with E-state index in [4.69, 9.17) is 16.3 Å². The molecular formula is C14H22ClN3O. The molecule has 4 nitrogen and oxygen atoms in total. The molecule has 1 fully saturated rings. The normalized spacial score (nSPS) is 19.5. The lowest BCUT2D eigenvalue weighted by Crippen LogP contribution is -2.36. The van der Waals surface area contributed by atoms with E-state index in [1.54, 1.807) is 6.20 Å². The van der Waals surface area contributed by atoms with Crippen LogP contribution in [0.5, 0.6) is 5.88 Å². The molecule has 19 heavy (non-hydrogen) atoms. The number of hydrogen-bond acceptors (Lipinski definition) is 4. The summed E-state index contributed by atoms with van der Waals surface area (Å²) in [6.07, 6.45) is 6.28. The number of anilines is 1. The maximum Gasteiger partial charge on any atom is 0.228 e. The summed E-state index contributed by atoms with van der Waals surface area (Å²) in [7, 11) is 0. The highest BCUT2D eigenvalue weighted by Crippen LogP contribution is 2.23. The van der Waals surface area contributed by atoms with Crippen LogP contribution in [0.4, 0.5) is 5.95 Å². The zero-order valence-electron chi connectivity index (χ0n) is 11.5. The van der Waals surface area contributed by atoms with Gasteiger partial charge in [-0.25, -0.2) is 4.98 Å². The number of halogens is 1. The standard InChI is InChI=1S/C14H22ClN3O/c1-2-10-19-13-6-8-16-14(17-13)18-9-3-4-12(11-18)5-7-15/h6,8,12H,2-5,7,9-11H2,1H3. The van der Waals surface area contributed by atoms with Gasteiger partial charge in [-0.1, -0.05) is 6.92 Å². The maximum atomic E-state index is 5.84. The van der Waals surface area contributed by atoms with E-state index < -0.39 is 0 Å². The average molecular weight is 284 g/mol. The van der Waals surface area contributed by atoms with E-state index in [2.05, 4.69) is 21.8 Å². The zero-order chi connectivity index (χ0) is 13.5. The first-order valence-electron chi connectivity index (χ1n) is 7.10. The van der Waals surface area contributed by atoms with Crippen molar-refractivity contribution < 1.29 is 4.74 Å². The van der Waals surface area contributed by atoms with Gasteiger partial charge in [0.15, 0.2) is 0 Å². The van der Waals surface area contributed by atoms with Crippen molar-refractivity contribution in [3.8, 4) is 5.88 Å². The van der Waals surface area contributed by atoms with E-state index in [9.17, 15) is 0 Å². The Hall–Kier alpha value is -1.03. The van der Waals surface area contributed by atoms with Crippen molar-refractivity contribution in [3.63, 3.8) is 0 Å². The van der Waals surface area contributed by atoms with Crippen LogP contribution in [0, 0.1) is 5.92 Å². The van der Waals surface area contributed by atoms with Crippen LogP contribution in [0.1, 0.15) is 32.6 Å². The molecule has 2 rings (SSSR count). The van der Waals surface area contributed by atoms with Crippen molar-refractivity contribution in [1.29, 1.82) is 0 Å². The van der Waals surface area contributed by atoms with Crippen molar-refractivity contribution in [2.75, 3.05) is 30.5 Å². The van der Waals surface area contributed by atoms with Crippen LogP contribution in [0.15, 0.2) is 12.3 Å². The fraction of sp³-hybridized carbons (Fsp3) is 0.714. The van der Waals surface area contributed by atoms with Crippen LogP contribution in [-0.2, 0) is 0 Å². The van der Waals surface area contributed by atoms with Gasteiger partial charge in [0.2, 0.25) is 11.8 Å². The summed E-state index contributed by atoms with van der Waals surface area (Å²) < 4.78 is 5.56. The van der Waals surface area contributed by atoms with Gasteiger partial charge in [-0.15, -0.1) is 11.6 Å². The molecule has 0 spiro atoms.